The van der Waals surface area contributed by atoms with E-state index in [2.05, 4.69) is 32.2 Å². The van der Waals surface area contributed by atoms with Gasteiger partial charge in [-0.3, -0.25) is 0 Å². The first-order valence-corrected chi connectivity index (χ1v) is 14.1. The molecule has 0 unspecified atom stereocenters. The zero-order chi connectivity index (χ0) is 30.0. The van der Waals surface area contributed by atoms with Crippen LogP contribution < -0.4 is 16.0 Å². The van der Waals surface area contributed by atoms with Gasteiger partial charge in [0.2, 0.25) is 5.95 Å². The summed E-state index contributed by atoms with van der Waals surface area (Å²) in [5.41, 5.74) is 4.07. The SMILES string of the molecule is Cc1c(-c2ccnn2-c2ccc(C#N)cc2)cn2nc(NCCNC3CCNCC3)nc2c1-c1cccc(C(F)(F)F)c1. The Morgan fingerprint density at radius 2 is 1.86 bits per heavy atom. The molecule has 1 saturated heterocycles. The molecule has 0 amide bonds. The van der Waals surface area contributed by atoms with Crippen LogP contribution in [0.2, 0.25) is 0 Å². The van der Waals surface area contributed by atoms with E-state index in [1.807, 2.05) is 19.2 Å². The lowest BCUT2D eigenvalue weighted by Crippen LogP contribution is -2.41. The molecule has 6 rings (SSSR count). The predicted molar refractivity (Wildman–Crippen MR) is 158 cm³/mol. The number of nitrogens with zero attached hydrogens (tertiary/aromatic N) is 6. The molecule has 1 aliphatic heterocycles. The average molecular weight is 586 g/mol. The molecule has 3 aromatic heterocycles. The van der Waals surface area contributed by atoms with Gasteiger partial charge in [-0.2, -0.15) is 28.5 Å². The molecule has 3 N–H and O–H groups in total. The van der Waals surface area contributed by atoms with Crippen LogP contribution in [0.1, 0.15) is 29.5 Å². The lowest BCUT2D eigenvalue weighted by molar-refractivity contribution is -0.137. The second-order valence-electron chi connectivity index (χ2n) is 10.5. The fourth-order valence-electron chi connectivity index (χ4n) is 5.50. The molecule has 0 aliphatic carbocycles. The summed E-state index contributed by atoms with van der Waals surface area (Å²) in [6, 6.07) is 16.7. The van der Waals surface area contributed by atoms with Crippen molar-refractivity contribution < 1.29 is 13.2 Å². The van der Waals surface area contributed by atoms with Gasteiger partial charge in [0.1, 0.15) is 0 Å². The van der Waals surface area contributed by atoms with Gasteiger partial charge < -0.3 is 16.0 Å². The Balaban J connectivity index is 1.41. The Labute approximate surface area is 246 Å². The molecule has 1 aliphatic rings. The largest absolute Gasteiger partial charge is 0.416 e. The van der Waals surface area contributed by atoms with Crippen LogP contribution in [-0.2, 0) is 6.18 Å². The summed E-state index contributed by atoms with van der Waals surface area (Å²) in [6.45, 7) is 5.20. The standard InChI is InChI=1S/C31H30F3N9/c1-20-26(27-11-14-39-43(27)25-7-5-21(18-35)6-8-25)19-42-29(28(20)22-3-2-4-23(17-22)31(32,33)34)40-30(41-42)38-16-15-37-24-9-12-36-13-10-24/h2-8,11,14,17,19,24,36-37H,9-10,12-13,15-16H2,1H3,(H,38,41). The zero-order valence-electron chi connectivity index (χ0n) is 23.5. The number of anilines is 1. The first-order valence-electron chi connectivity index (χ1n) is 14.1. The van der Waals surface area contributed by atoms with Crippen molar-refractivity contribution in [2.45, 2.75) is 32.0 Å². The van der Waals surface area contributed by atoms with E-state index in [9.17, 15) is 18.4 Å². The number of aromatic nitrogens is 5. The molecule has 0 atom stereocenters. The molecule has 4 heterocycles. The van der Waals surface area contributed by atoms with Crippen LogP contribution >= 0.6 is 0 Å². The summed E-state index contributed by atoms with van der Waals surface area (Å²) in [6.07, 6.45) is 1.14. The van der Waals surface area contributed by atoms with Crippen LogP contribution in [0.5, 0.6) is 0 Å². The van der Waals surface area contributed by atoms with Crippen molar-refractivity contribution >= 4 is 11.6 Å². The van der Waals surface area contributed by atoms with Gasteiger partial charge in [-0.25, -0.2) is 9.20 Å². The molecule has 9 nitrogen and oxygen atoms in total. The molecule has 0 bridgehead atoms. The Hall–Kier alpha value is -4.73. The number of fused-ring (bicyclic) bond motifs is 1. The molecule has 43 heavy (non-hydrogen) atoms. The highest BCUT2D eigenvalue weighted by atomic mass is 19.4. The number of piperidine rings is 1. The van der Waals surface area contributed by atoms with Gasteiger partial charge in [0.15, 0.2) is 5.65 Å². The maximum Gasteiger partial charge on any atom is 0.416 e. The summed E-state index contributed by atoms with van der Waals surface area (Å²) in [7, 11) is 0. The molecule has 5 aromatic rings. The zero-order valence-corrected chi connectivity index (χ0v) is 23.5. The second kappa shape index (κ2) is 11.9. The van der Waals surface area contributed by atoms with E-state index in [-0.39, 0.29) is 0 Å². The molecule has 0 spiro atoms. The highest BCUT2D eigenvalue weighted by molar-refractivity contribution is 5.86. The summed E-state index contributed by atoms with van der Waals surface area (Å²) in [5, 5.41) is 28.5. The highest BCUT2D eigenvalue weighted by Gasteiger charge is 2.31. The third-order valence-corrected chi connectivity index (χ3v) is 7.70. The normalized spacial score (nSPS) is 14.2. The molecule has 12 heteroatoms. The van der Waals surface area contributed by atoms with Crippen LogP contribution in [-0.4, -0.2) is 56.6 Å². The van der Waals surface area contributed by atoms with Gasteiger partial charge in [0.05, 0.1) is 34.8 Å². The summed E-state index contributed by atoms with van der Waals surface area (Å²) >= 11 is 0. The molecule has 0 radical (unpaired) electrons. The average Bonchev–Trinajstić information content (AvgIpc) is 3.66. The van der Waals surface area contributed by atoms with Gasteiger partial charge in [-0.15, -0.1) is 5.10 Å². The molecule has 1 fully saturated rings. The van der Waals surface area contributed by atoms with Gasteiger partial charge >= 0.3 is 6.18 Å². The number of nitrogens with one attached hydrogen (secondary N) is 3. The van der Waals surface area contributed by atoms with Gasteiger partial charge in [0, 0.05) is 36.5 Å². The quantitative estimate of drug-likeness (QED) is 0.215. The minimum Gasteiger partial charge on any atom is -0.352 e. The Kier molecular flexibility index (Phi) is 7.84. The van der Waals surface area contributed by atoms with Crippen molar-refractivity contribution in [3.63, 3.8) is 0 Å². The molecule has 0 saturated carbocycles. The third kappa shape index (κ3) is 5.95. The van der Waals surface area contributed by atoms with Gasteiger partial charge in [0.25, 0.3) is 0 Å². The summed E-state index contributed by atoms with van der Waals surface area (Å²) in [4.78, 5) is 4.72. The number of alkyl halides is 3. The number of pyridine rings is 1. The number of halogens is 3. The van der Waals surface area contributed by atoms with Crippen LogP contribution in [0.15, 0.2) is 67.0 Å². The fraction of sp³-hybridized carbons (Fsp3) is 0.290. The van der Waals surface area contributed by atoms with E-state index in [1.54, 1.807) is 45.7 Å². The summed E-state index contributed by atoms with van der Waals surface area (Å²) in [5.74, 6) is 0.387. The molecule has 220 valence electrons. The van der Waals surface area contributed by atoms with Gasteiger partial charge in [-0.1, -0.05) is 12.1 Å². The summed E-state index contributed by atoms with van der Waals surface area (Å²) < 4.78 is 44.5. The Morgan fingerprint density at radius 1 is 1.07 bits per heavy atom. The first-order chi connectivity index (χ1) is 20.8. The van der Waals surface area contributed by atoms with Crippen LogP contribution in [0, 0.1) is 18.3 Å². The third-order valence-electron chi connectivity index (χ3n) is 7.70. The van der Waals surface area contributed by atoms with E-state index < -0.39 is 11.7 Å². The van der Waals surface area contributed by atoms with E-state index in [0.717, 1.165) is 61.4 Å². The minimum absolute atomic E-state index is 0.384. The molecule has 2 aromatic carbocycles. The Morgan fingerprint density at radius 3 is 2.60 bits per heavy atom. The molecular formula is C31H30F3N9. The first kappa shape index (κ1) is 28.4. The maximum absolute atomic E-state index is 13.7. The smallest absolute Gasteiger partial charge is 0.352 e. The fourth-order valence-corrected chi connectivity index (χ4v) is 5.50. The topological polar surface area (TPSA) is 108 Å². The van der Waals surface area contributed by atoms with E-state index in [0.29, 0.717) is 46.6 Å². The van der Waals surface area contributed by atoms with E-state index in [4.69, 9.17) is 4.98 Å². The van der Waals surface area contributed by atoms with Crippen molar-refractivity contribution in [2.24, 2.45) is 0 Å². The predicted octanol–water partition coefficient (Wildman–Crippen LogP) is 5.20. The van der Waals surface area contributed by atoms with E-state index in [1.165, 1.54) is 6.07 Å². The van der Waals surface area contributed by atoms with Crippen molar-refractivity contribution in [3.05, 3.63) is 83.7 Å². The van der Waals surface area contributed by atoms with Crippen molar-refractivity contribution in [1.82, 2.24) is 35.0 Å². The number of nitriles is 1. The minimum atomic E-state index is -4.49. The lowest BCUT2D eigenvalue weighted by Gasteiger charge is -2.23. The van der Waals surface area contributed by atoms with Crippen LogP contribution in [0.4, 0.5) is 19.1 Å². The number of rotatable bonds is 8. The highest BCUT2D eigenvalue weighted by Crippen LogP contribution is 2.38. The van der Waals surface area contributed by atoms with Crippen molar-refractivity contribution in [1.29, 1.82) is 5.26 Å². The Bertz CT molecular complexity index is 1780. The van der Waals surface area contributed by atoms with Crippen LogP contribution in [0.25, 0.3) is 33.7 Å². The number of benzene rings is 2. The lowest BCUT2D eigenvalue weighted by atomic mass is 9.95. The number of hydrogen-bond acceptors (Lipinski definition) is 7. The van der Waals surface area contributed by atoms with Crippen molar-refractivity contribution in [3.8, 4) is 34.1 Å². The number of hydrogen-bond donors (Lipinski definition) is 3. The second-order valence-corrected chi connectivity index (χ2v) is 10.5. The monoisotopic (exact) mass is 585 g/mol. The van der Waals surface area contributed by atoms with E-state index >= 15 is 0 Å². The van der Waals surface area contributed by atoms with Crippen molar-refractivity contribution in [2.75, 3.05) is 31.5 Å². The van der Waals surface area contributed by atoms with Gasteiger partial charge in [-0.05, 0) is 86.4 Å². The van der Waals surface area contributed by atoms with Crippen LogP contribution in [0.3, 0.4) is 0 Å². The molecular weight excluding hydrogens is 555 g/mol. The maximum atomic E-state index is 13.7.